The van der Waals surface area contributed by atoms with E-state index in [0.29, 0.717) is 25.2 Å². The number of rotatable bonds is 4. The van der Waals surface area contributed by atoms with Gasteiger partial charge in [-0.05, 0) is 31.2 Å². The van der Waals surface area contributed by atoms with Gasteiger partial charge in [0.15, 0.2) is 0 Å². The number of aryl methyl sites for hydroxylation is 1. The van der Waals surface area contributed by atoms with Gasteiger partial charge in [0.05, 0.1) is 6.04 Å². The van der Waals surface area contributed by atoms with Gasteiger partial charge in [-0.25, -0.2) is 13.2 Å². The van der Waals surface area contributed by atoms with Crippen LogP contribution in [0.2, 0.25) is 0 Å². The van der Waals surface area contributed by atoms with Crippen molar-refractivity contribution in [1.29, 1.82) is 0 Å². The molecule has 0 unspecified atom stereocenters. The normalized spacial score (nSPS) is 19.8. The number of thiophene rings is 1. The number of sulfonamides is 1. The van der Waals surface area contributed by atoms with Crippen molar-refractivity contribution in [3.8, 4) is 0 Å². The summed E-state index contributed by atoms with van der Waals surface area (Å²) < 4.78 is 28.0. The number of aromatic carboxylic acids is 1. The maximum absolute atomic E-state index is 13.2. The van der Waals surface area contributed by atoms with Gasteiger partial charge in [0.25, 0.3) is 10.0 Å². The molecule has 1 atom stereocenters. The summed E-state index contributed by atoms with van der Waals surface area (Å²) in [5, 5.41) is 9.22. The van der Waals surface area contributed by atoms with Gasteiger partial charge in [0.2, 0.25) is 0 Å². The largest absolute Gasteiger partial charge is 0.477 e. The molecule has 1 aliphatic heterocycles. The van der Waals surface area contributed by atoms with Gasteiger partial charge < -0.3 is 10.0 Å². The van der Waals surface area contributed by atoms with Gasteiger partial charge in [0.1, 0.15) is 9.09 Å². The van der Waals surface area contributed by atoms with Crippen LogP contribution in [0.4, 0.5) is 0 Å². The van der Waals surface area contributed by atoms with E-state index in [4.69, 9.17) is 0 Å². The average Bonchev–Trinajstić information content (AvgIpc) is 2.98. The highest BCUT2D eigenvalue weighted by atomic mass is 32.2. The molecule has 134 valence electrons. The number of carboxylic acids is 1. The van der Waals surface area contributed by atoms with Crippen molar-refractivity contribution >= 4 is 27.3 Å². The van der Waals surface area contributed by atoms with Crippen molar-refractivity contribution in [2.24, 2.45) is 0 Å². The van der Waals surface area contributed by atoms with E-state index >= 15 is 0 Å². The second-order valence-electron chi connectivity index (χ2n) is 6.19. The fourth-order valence-corrected chi connectivity index (χ4v) is 6.15. The molecule has 0 radical (unpaired) electrons. The molecule has 0 spiro atoms. The summed E-state index contributed by atoms with van der Waals surface area (Å²) in [6, 6.07) is 10.7. The van der Waals surface area contributed by atoms with Crippen LogP contribution >= 0.6 is 11.3 Å². The van der Waals surface area contributed by atoms with E-state index in [2.05, 4.69) is 4.90 Å². The number of carbonyl (C=O) groups is 1. The smallest absolute Gasteiger partial charge is 0.346 e. The lowest BCUT2D eigenvalue weighted by atomic mass is 10.1. The maximum atomic E-state index is 13.2. The monoisotopic (exact) mass is 380 g/mol. The van der Waals surface area contributed by atoms with Gasteiger partial charge in [-0.1, -0.05) is 30.3 Å². The zero-order chi connectivity index (χ0) is 18.2. The minimum Gasteiger partial charge on any atom is -0.477 e. The summed E-state index contributed by atoms with van der Waals surface area (Å²) in [4.78, 5) is 13.4. The summed E-state index contributed by atoms with van der Waals surface area (Å²) in [7, 11) is -1.79. The van der Waals surface area contributed by atoms with Crippen molar-refractivity contribution in [3.05, 3.63) is 52.4 Å². The van der Waals surface area contributed by atoms with Gasteiger partial charge >= 0.3 is 5.97 Å². The fraction of sp³-hybridized carbons (Fsp3) is 0.353. The predicted octanol–water partition coefficient (Wildman–Crippen LogP) is 2.43. The molecular formula is C17H20N2O4S2. The highest BCUT2D eigenvalue weighted by molar-refractivity contribution is 7.91. The lowest BCUT2D eigenvalue weighted by molar-refractivity contribution is 0.0701. The van der Waals surface area contributed by atoms with Crippen molar-refractivity contribution in [2.75, 3.05) is 26.7 Å². The van der Waals surface area contributed by atoms with Crippen LogP contribution in [0.3, 0.4) is 0 Å². The summed E-state index contributed by atoms with van der Waals surface area (Å²) in [5.74, 6) is -1.10. The Morgan fingerprint density at radius 1 is 1.24 bits per heavy atom. The number of carboxylic acid groups (broad SMARTS) is 1. The Kier molecular flexibility index (Phi) is 4.97. The first-order valence-corrected chi connectivity index (χ1v) is 10.2. The molecule has 1 aromatic carbocycles. The molecule has 6 nitrogen and oxygen atoms in total. The van der Waals surface area contributed by atoms with E-state index in [0.717, 1.165) is 16.9 Å². The standard InChI is InChI=1S/C17H20N2O4S2/c1-12-10-15(24-16(12)17(20)21)25(22,23)19-9-8-18(2)11-14(19)13-6-4-3-5-7-13/h3-7,10,14H,8-9,11H2,1-2H3,(H,20,21)/t14-/m0/s1. The molecule has 25 heavy (non-hydrogen) atoms. The van der Waals surface area contributed by atoms with Gasteiger partial charge in [0, 0.05) is 19.6 Å². The number of hydrogen-bond acceptors (Lipinski definition) is 5. The van der Waals surface area contributed by atoms with Crippen LogP contribution in [0.15, 0.2) is 40.6 Å². The van der Waals surface area contributed by atoms with Gasteiger partial charge in [-0.2, -0.15) is 4.31 Å². The van der Waals surface area contributed by atoms with E-state index in [1.807, 2.05) is 37.4 Å². The van der Waals surface area contributed by atoms with Gasteiger partial charge in [-0.3, -0.25) is 0 Å². The van der Waals surface area contributed by atoms with Crippen LogP contribution in [0.25, 0.3) is 0 Å². The zero-order valence-corrected chi connectivity index (χ0v) is 15.7. The minimum atomic E-state index is -3.76. The third-order valence-electron chi connectivity index (χ3n) is 4.37. The summed E-state index contributed by atoms with van der Waals surface area (Å²) in [5.41, 5.74) is 1.41. The van der Waals surface area contributed by atoms with Crippen LogP contribution in [-0.2, 0) is 10.0 Å². The Bertz CT molecular complexity index is 877. The molecule has 1 N–H and O–H groups in total. The van der Waals surface area contributed by atoms with Crippen molar-refractivity contribution in [2.45, 2.75) is 17.2 Å². The van der Waals surface area contributed by atoms with E-state index < -0.39 is 16.0 Å². The molecule has 0 aliphatic carbocycles. The Morgan fingerprint density at radius 3 is 2.52 bits per heavy atom. The SMILES string of the molecule is Cc1cc(S(=O)(=O)N2CCN(C)C[C@H]2c2ccccc2)sc1C(=O)O. The molecule has 0 saturated carbocycles. The number of nitrogens with zero attached hydrogens (tertiary/aromatic N) is 2. The van der Waals surface area contributed by atoms with Crippen molar-refractivity contribution in [3.63, 3.8) is 0 Å². The third kappa shape index (κ3) is 3.48. The number of hydrogen-bond donors (Lipinski definition) is 1. The Hall–Kier alpha value is -1.74. The van der Waals surface area contributed by atoms with Crippen LogP contribution in [0.1, 0.15) is 26.8 Å². The molecule has 8 heteroatoms. The average molecular weight is 380 g/mol. The molecule has 1 fully saturated rings. The Balaban J connectivity index is 2.02. The summed E-state index contributed by atoms with van der Waals surface area (Å²) in [6.45, 7) is 3.23. The van der Waals surface area contributed by atoms with Gasteiger partial charge in [-0.15, -0.1) is 11.3 Å². The summed E-state index contributed by atoms with van der Waals surface area (Å²) in [6.07, 6.45) is 0. The van der Waals surface area contributed by atoms with Crippen molar-refractivity contribution in [1.82, 2.24) is 9.21 Å². The number of piperazine rings is 1. The first-order valence-electron chi connectivity index (χ1n) is 7.90. The number of benzene rings is 1. The van der Waals surface area contributed by atoms with E-state index in [1.54, 1.807) is 6.92 Å². The number of likely N-dealkylation sites (N-methyl/N-ethyl adjacent to an activating group) is 1. The zero-order valence-electron chi connectivity index (χ0n) is 14.0. The van der Waals surface area contributed by atoms with Crippen molar-refractivity contribution < 1.29 is 18.3 Å². The molecule has 2 aromatic rings. The lowest BCUT2D eigenvalue weighted by Crippen LogP contribution is -2.49. The van der Waals surface area contributed by atoms with E-state index in [9.17, 15) is 18.3 Å². The maximum Gasteiger partial charge on any atom is 0.346 e. The Morgan fingerprint density at radius 2 is 1.92 bits per heavy atom. The molecule has 2 heterocycles. The highest BCUT2D eigenvalue weighted by Crippen LogP contribution is 2.34. The highest BCUT2D eigenvalue weighted by Gasteiger charge is 2.37. The summed E-state index contributed by atoms with van der Waals surface area (Å²) >= 11 is 0.823. The van der Waals surface area contributed by atoms with Crippen LogP contribution < -0.4 is 0 Å². The first kappa shape index (κ1) is 18.1. The molecular weight excluding hydrogens is 360 g/mol. The topological polar surface area (TPSA) is 77.9 Å². The van der Waals surface area contributed by atoms with E-state index in [1.165, 1.54) is 10.4 Å². The molecule has 0 amide bonds. The fourth-order valence-electron chi connectivity index (χ4n) is 3.05. The van der Waals surface area contributed by atoms with Crippen LogP contribution in [0.5, 0.6) is 0 Å². The molecule has 0 bridgehead atoms. The van der Waals surface area contributed by atoms with E-state index in [-0.39, 0.29) is 15.1 Å². The quantitative estimate of drug-likeness (QED) is 0.881. The Labute approximate surface area is 151 Å². The lowest BCUT2D eigenvalue weighted by Gasteiger charge is -2.39. The molecule has 1 aromatic heterocycles. The van der Waals surface area contributed by atoms with Crippen LogP contribution in [0, 0.1) is 6.92 Å². The molecule has 1 saturated heterocycles. The predicted molar refractivity (Wildman–Crippen MR) is 96.6 cm³/mol. The molecule has 3 rings (SSSR count). The third-order valence-corrected chi connectivity index (χ3v) is 7.95. The second kappa shape index (κ2) is 6.87. The van der Waals surface area contributed by atoms with Crippen LogP contribution in [-0.4, -0.2) is 55.4 Å². The molecule has 1 aliphatic rings. The first-order chi connectivity index (χ1) is 11.8. The second-order valence-corrected chi connectivity index (χ2v) is 9.36. The minimum absolute atomic E-state index is 0.0731.